The number of pyridine rings is 3. The van der Waals surface area contributed by atoms with Crippen molar-refractivity contribution in [2.24, 2.45) is 0 Å². The van der Waals surface area contributed by atoms with E-state index in [4.69, 9.17) is 17.3 Å². The summed E-state index contributed by atoms with van der Waals surface area (Å²) in [5.74, 6) is 0.336. The van der Waals surface area contributed by atoms with Crippen LogP contribution in [-0.2, 0) is 9.59 Å². The minimum atomic E-state index is -0.203. The van der Waals surface area contributed by atoms with Gasteiger partial charge in [-0.1, -0.05) is 82.0 Å². The highest BCUT2D eigenvalue weighted by molar-refractivity contribution is 6.63. The Morgan fingerprint density at radius 2 is 1.29 bits per heavy atom. The van der Waals surface area contributed by atoms with Crippen LogP contribution >= 0.6 is 11.6 Å². The summed E-state index contributed by atoms with van der Waals surface area (Å²) < 4.78 is 0. The number of anilines is 2. The molecule has 3 aromatic heterocycles. The fourth-order valence-corrected chi connectivity index (χ4v) is 4.35. The molecule has 0 radical (unpaired) electrons. The first kappa shape index (κ1) is 36.8. The zero-order valence-electron chi connectivity index (χ0n) is 26.5. The van der Waals surface area contributed by atoms with Gasteiger partial charge in [-0.2, -0.15) is 0 Å². The van der Waals surface area contributed by atoms with Crippen molar-refractivity contribution >= 4 is 55.8 Å². The number of carbonyl (C=O) groups is 2. The molecule has 0 aliphatic carbocycles. The Labute approximate surface area is 272 Å². The number of nitrogens with two attached hydrogens (primary N) is 1. The van der Waals surface area contributed by atoms with Crippen LogP contribution in [0.15, 0.2) is 104 Å². The van der Waals surface area contributed by atoms with Crippen molar-refractivity contribution in [3.63, 3.8) is 0 Å². The van der Waals surface area contributed by atoms with Gasteiger partial charge in [-0.15, -0.1) is 0 Å². The summed E-state index contributed by atoms with van der Waals surface area (Å²) in [6.07, 6.45) is 15.4. The van der Waals surface area contributed by atoms with E-state index >= 15 is 0 Å². The van der Waals surface area contributed by atoms with E-state index in [-0.39, 0.29) is 5.24 Å². The molecule has 5 rings (SSSR count). The van der Waals surface area contributed by atoms with Crippen LogP contribution in [0.4, 0.5) is 11.4 Å². The summed E-state index contributed by atoms with van der Waals surface area (Å²) in [7, 11) is 0. The van der Waals surface area contributed by atoms with E-state index in [1.54, 1.807) is 24.8 Å². The van der Waals surface area contributed by atoms with Gasteiger partial charge >= 0.3 is 0 Å². The number of Topliss-reactive ketones (excluding diaryl/α,β-unsaturated/α-hetero) is 1. The lowest BCUT2D eigenvalue weighted by atomic mass is 10.1. The number of rotatable bonds is 12. The Balaban J connectivity index is 0.000000230. The molecule has 0 amide bonds. The van der Waals surface area contributed by atoms with Crippen LogP contribution in [0.1, 0.15) is 71.6 Å². The van der Waals surface area contributed by atoms with Crippen molar-refractivity contribution in [1.29, 1.82) is 0 Å². The molecule has 0 spiro atoms. The number of nitrogens with zero attached hydrogens (tertiary/aromatic N) is 3. The lowest BCUT2D eigenvalue weighted by Crippen LogP contribution is -2.08. The Kier molecular flexibility index (Phi) is 18.9. The van der Waals surface area contributed by atoms with Crippen LogP contribution in [0.25, 0.3) is 21.8 Å². The van der Waals surface area contributed by atoms with E-state index in [1.165, 1.54) is 12.8 Å². The number of nitrogens with one attached hydrogen (secondary N) is 1. The van der Waals surface area contributed by atoms with E-state index < -0.39 is 0 Å². The third kappa shape index (κ3) is 15.8. The molecule has 45 heavy (non-hydrogen) atoms. The summed E-state index contributed by atoms with van der Waals surface area (Å²) >= 11 is 5.12. The van der Waals surface area contributed by atoms with Crippen molar-refractivity contribution < 1.29 is 9.59 Å². The molecule has 3 heterocycles. The molecule has 0 fully saturated rings. The molecule has 0 aliphatic heterocycles. The van der Waals surface area contributed by atoms with Crippen molar-refractivity contribution in [3.05, 3.63) is 104 Å². The third-order valence-corrected chi connectivity index (χ3v) is 6.81. The molecule has 0 aliphatic rings. The van der Waals surface area contributed by atoms with E-state index in [2.05, 4.69) is 34.1 Å². The maximum absolute atomic E-state index is 11.6. The summed E-state index contributed by atoms with van der Waals surface area (Å²) in [5.41, 5.74) is 9.28. The van der Waals surface area contributed by atoms with E-state index in [0.717, 1.165) is 58.9 Å². The quantitative estimate of drug-likeness (QED) is 0.0805. The van der Waals surface area contributed by atoms with E-state index in [0.29, 0.717) is 31.6 Å². The van der Waals surface area contributed by atoms with Gasteiger partial charge in [0.25, 0.3) is 0 Å². The van der Waals surface area contributed by atoms with Crippen LogP contribution in [0, 0.1) is 0 Å². The molecule has 0 saturated heterocycles. The maximum atomic E-state index is 11.6. The van der Waals surface area contributed by atoms with Gasteiger partial charge in [-0.05, 0) is 60.8 Å². The lowest BCUT2D eigenvalue weighted by molar-refractivity contribution is -0.119. The van der Waals surface area contributed by atoms with Gasteiger partial charge in [0.15, 0.2) is 0 Å². The minimum Gasteiger partial charge on any atom is -0.397 e. The number of aromatic nitrogens is 3. The lowest BCUT2D eigenvalue weighted by Gasteiger charge is -2.08. The largest absolute Gasteiger partial charge is 0.397 e. The Morgan fingerprint density at radius 1 is 0.667 bits per heavy atom. The van der Waals surface area contributed by atoms with E-state index in [9.17, 15) is 9.59 Å². The Hall–Kier alpha value is -4.36. The van der Waals surface area contributed by atoms with Crippen molar-refractivity contribution in [2.45, 2.75) is 71.6 Å². The molecule has 8 heteroatoms. The van der Waals surface area contributed by atoms with Crippen LogP contribution in [0.5, 0.6) is 0 Å². The normalized spacial score (nSPS) is 9.93. The average molecular weight is 628 g/mol. The highest BCUT2D eigenvalue weighted by Crippen LogP contribution is 2.20. The molecule has 238 valence electrons. The van der Waals surface area contributed by atoms with Gasteiger partial charge in [-0.25, -0.2) is 0 Å². The number of unbranched alkanes of at least 4 members (excludes halogenated alkanes) is 4. The number of hydrogen-bond donors (Lipinski definition) is 2. The van der Waals surface area contributed by atoms with Gasteiger partial charge < -0.3 is 11.1 Å². The predicted octanol–water partition coefficient (Wildman–Crippen LogP) is 9.42. The molecule has 3 N–H and O–H groups in total. The summed E-state index contributed by atoms with van der Waals surface area (Å²) in [6, 6.07) is 25.4. The zero-order valence-corrected chi connectivity index (χ0v) is 27.3. The monoisotopic (exact) mass is 627 g/mol. The topological polar surface area (TPSA) is 111 Å². The summed E-state index contributed by atoms with van der Waals surface area (Å²) in [5, 5.41) is 5.31. The fraction of sp³-hybridized carbons (Fsp3) is 0.324. The third-order valence-electron chi connectivity index (χ3n) is 6.62. The van der Waals surface area contributed by atoms with E-state index in [1.807, 2.05) is 78.9 Å². The average Bonchev–Trinajstić information content (AvgIpc) is 3.08. The first-order valence-corrected chi connectivity index (χ1v) is 16.1. The van der Waals surface area contributed by atoms with Gasteiger partial charge in [0.1, 0.15) is 5.78 Å². The molecule has 0 bridgehead atoms. The number of nitrogen functional groups attached to an aromatic ring is 1. The second-order valence-corrected chi connectivity index (χ2v) is 10.7. The van der Waals surface area contributed by atoms with Gasteiger partial charge in [-0.3, -0.25) is 24.5 Å². The fourth-order valence-electron chi connectivity index (χ4n) is 4.21. The second kappa shape index (κ2) is 23.1. The minimum absolute atomic E-state index is 0.203. The molecular formula is C37H46ClN5O2. The van der Waals surface area contributed by atoms with Crippen molar-refractivity contribution in [2.75, 3.05) is 17.6 Å². The predicted molar refractivity (Wildman–Crippen MR) is 189 cm³/mol. The number of fused-ring (bicyclic) bond motifs is 2. The number of hydrogen-bond acceptors (Lipinski definition) is 7. The maximum Gasteiger partial charge on any atom is 0.221 e. The number of para-hydroxylation sites is 2. The van der Waals surface area contributed by atoms with Gasteiger partial charge in [0.2, 0.25) is 5.24 Å². The number of ketones is 1. The van der Waals surface area contributed by atoms with Gasteiger partial charge in [0.05, 0.1) is 22.4 Å². The number of benzene rings is 2. The molecule has 0 unspecified atom stereocenters. The molecule has 7 nitrogen and oxygen atoms in total. The molecule has 2 aromatic carbocycles. The summed E-state index contributed by atoms with van der Waals surface area (Å²) in [4.78, 5) is 34.1. The molecule has 0 saturated carbocycles. The SMILES string of the molecule is CCCCC(=O)CCNc1cccc2cccnc12.CCCCCCC(=O)Cl.Nc1cccc2cccnc12.c1ccncc1. The zero-order chi connectivity index (χ0) is 32.5. The number of carbonyl (C=O) groups excluding carboxylic acids is 2. The smallest absolute Gasteiger partial charge is 0.221 e. The number of halogens is 1. The first-order valence-electron chi connectivity index (χ1n) is 15.7. The molecule has 0 atom stereocenters. The first-order chi connectivity index (χ1) is 22.0. The Morgan fingerprint density at radius 3 is 1.87 bits per heavy atom. The standard InChI is InChI=1S/C16H20N2O.C9H8N2.C7H13ClO.C5H5N/c1-2-3-8-14(19)10-12-17-15-9-4-6-13-7-5-11-18-16(13)15;10-8-5-1-3-7-4-2-6-11-9(7)8;1-2-3-4-5-6-7(8)9;1-2-4-6-5-3-1/h4-7,9,11,17H,2-3,8,10,12H2,1H3;1-6H,10H2;2-6H2,1H3;1-5H. The van der Waals surface area contributed by atoms with Gasteiger partial charge in [0, 0.05) is 61.4 Å². The van der Waals surface area contributed by atoms with Crippen LogP contribution in [0.2, 0.25) is 0 Å². The molecular weight excluding hydrogens is 582 g/mol. The van der Waals surface area contributed by atoms with Crippen molar-refractivity contribution in [1.82, 2.24) is 15.0 Å². The summed E-state index contributed by atoms with van der Waals surface area (Å²) in [6.45, 7) is 4.92. The highest BCUT2D eigenvalue weighted by atomic mass is 35.5. The Bertz CT molecular complexity index is 1490. The van der Waals surface area contributed by atoms with Crippen LogP contribution in [0.3, 0.4) is 0 Å². The highest BCUT2D eigenvalue weighted by Gasteiger charge is 2.03. The van der Waals surface area contributed by atoms with Crippen LogP contribution < -0.4 is 11.1 Å². The molecule has 5 aromatic rings. The van der Waals surface area contributed by atoms with Crippen LogP contribution in [-0.4, -0.2) is 32.5 Å². The van der Waals surface area contributed by atoms with Crippen molar-refractivity contribution in [3.8, 4) is 0 Å². The second-order valence-electron chi connectivity index (χ2n) is 10.3.